The lowest BCUT2D eigenvalue weighted by Crippen LogP contribution is -2.24. The van der Waals surface area contributed by atoms with Gasteiger partial charge < -0.3 is 4.90 Å². The van der Waals surface area contributed by atoms with Gasteiger partial charge >= 0.3 is 0 Å². The molecular weight excluding hydrogens is 236 g/mol. The highest BCUT2D eigenvalue weighted by molar-refractivity contribution is 5.70. The lowest BCUT2D eigenvalue weighted by molar-refractivity contribution is 0.631. The van der Waals surface area contributed by atoms with Gasteiger partial charge in [0.05, 0.1) is 0 Å². The molecule has 0 bridgehead atoms. The lowest BCUT2D eigenvalue weighted by atomic mass is 9.82. The number of hydrogen-bond donors (Lipinski definition) is 0. The predicted molar refractivity (Wildman–Crippen MR) is 80.6 cm³/mol. The van der Waals surface area contributed by atoms with Gasteiger partial charge in [0.25, 0.3) is 0 Å². The first-order chi connectivity index (χ1) is 8.91. The first-order valence-electron chi connectivity index (χ1n) is 6.83. The van der Waals surface area contributed by atoms with Crippen molar-refractivity contribution in [2.45, 2.75) is 45.6 Å². The minimum atomic E-state index is -0.295. The van der Waals surface area contributed by atoms with Gasteiger partial charge in [-0.05, 0) is 36.6 Å². The van der Waals surface area contributed by atoms with Crippen molar-refractivity contribution in [2.24, 2.45) is 5.18 Å². The molecule has 0 aromatic heterocycles. The Morgan fingerprint density at radius 3 is 2.68 bits per heavy atom. The van der Waals surface area contributed by atoms with E-state index in [2.05, 4.69) is 56.1 Å². The summed E-state index contributed by atoms with van der Waals surface area (Å²) >= 11 is 0. The maximum absolute atomic E-state index is 10.7. The van der Waals surface area contributed by atoms with Gasteiger partial charge in [-0.25, -0.2) is 0 Å². The smallest absolute Gasteiger partial charge is 0.109 e. The fraction of sp³-hybridized carbons (Fsp3) is 0.500. The molecule has 2 rings (SSSR count). The van der Waals surface area contributed by atoms with Gasteiger partial charge in [0, 0.05) is 23.8 Å². The molecule has 1 unspecified atom stereocenters. The maximum atomic E-state index is 10.7. The van der Waals surface area contributed by atoms with E-state index in [1.54, 1.807) is 0 Å². The van der Waals surface area contributed by atoms with E-state index in [0.29, 0.717) is 0 Å². The molecule has 3 heteroatoms. The zero-order valence-corrected chi connectivity index (χ0v) is 12.4. The second-order valence-electron chi connectivity index (χ2n) is 5.79. The van der Waals surface area contributed by atoms with Crippen LogP contribution in [-0.4, -0.2) is 13.1 Å². The minimum absolute atomic E-state index is 0.0752. The van der Waals surface area contributed by atoms with Gasteiger partial charge in [0.2, 0.25) is 0 Å². The highest BCUT2D eigenvalue weighted by Crippen LogP contribution is 2.47. The van der Waals surface area contributed by atoms with Crippen molar-refractivity contribution < 1.29 is 0 Å². The molecule has 3 nitrogen and oxygen atoms in total. The monoisotopic (exact) mass is 258 g/mol. The first kappa shape index (κ1) is 13.8. The summed E-state index contributed by atoms with van der Waals surface area (Å²) in [5.41, 5.74) is 4.99. The second-order valence-corrected chi connectivity index (χ2v) is 5.79. The summed E-state index contributed by atoms with van der Waals surface area (Å²) in [6.07, 6.45) is 3.01. The molecular formula is C16H22N2O. The standard InChI is InChI=1S/C16H22N2O/c1-6-12-7-8-14-13(10-12)16(3,4)15(18(14)5)9-11(2)17-19/h7-11H,6H2,1-5H3. The van der Waals surface area contributed by atoms with Gasteiger partial charge in [0.15, 0.2) is 0 Å². The Kier molecular flexibility index (Phi) is 3.48. The highest BCUT2D eigenvalue weighted by atomic mass is 16.3. The third-order valence-corrected chi connectivity index (χ3v) is 4.07. The van der Waals surface area contributed by atoms with Crippen LogP contribution in [0.1, 0.15) is 38.8 Å². The second kappa shape index (κ2) is 4.80. The van der Waals surface area contributed by atoms with Crippen LogP contribution in [0.3, 0.4) is 0 Å². The molecule has 0 aliphatic carbocycles. The number of anilines is 1. The molecule has 1 aliphatic heterocycles. The van der Waals surface area contributed by atoms with Crippen LogP contribution in [0, 0.1) is 4.91 Å². The third-order valence-electron chi connectivity index (χ3n) is 4.07. The van der Waals surface area contributed by atoms with Crippen molar-refractivity contribution in [3.63, 3.8) is 0 Å². The van der Waals surface area contributed by atoms with E-state index in [9.17, 15) is 4.91 Å². The van der Waals surface area contributed by atoms with Gasteiger partial charge in [-0.2, -0.15) is 4.91 Å². The van der Waals surface area contributed by atoms with Crippen LogP contribution < -0.4 is 4.90 Å². The molecule has 0 spiro atoms. The minimum Gasteiger partial charge on any atom is -0.347 e. The zero-order valence-electron chi connectivity index (χ0n) is 12.4. The van der Waals surface area contributed by atoms with E-state index < -0.39 is 0 Å². The maximum Gasteiger partial charge on any atom is 0.109 e. The molecule has 0 N–H and O–H groups in total. The van der Waals surface area contributed by atoms with Crippen LogP contribution in [0.5, 0.6) is 0 Å². The predicted octanol–water partition coefficient (Wildman–Crippen LogP) is 4.02. The van der Waals surface area contributed by atoms with Gasteiger partial charge in [-0.15, -0.1) is 0 Å². The molecule has 1 heterocycles. The van der Waals surface area contributed by atoms with Crippen molar-refractivity contribution in [3.8, 4) is 0 Å². The number of benzene rings is 1. The normalized spacial score (nSPS) is 20.5. The quantitative estimate of drug-likeness (QED) is 0.767. The third kappa shape index (κ3) is 2.18. The molecule has 0 amide bonds. The Morgan fingerprint density at radius 1 is 1.42 bits per heavy atom. The Bertz CT molecular complexity index is 532. The van der Waals surface area contributed by atoms with E-state index in [0.717, 1.165) is 12.1 Å². The molecule has 1 aromatic rings. The van der Waals surface area contributed by atoms with Crippen LogP contribution in [0.25, 0.3) is 0 Å². The number of likely N-dealkylation sites (N-methyl/N-ethyl adjacent to an activating group) is 1. The molecule has 0 saturated carbocycles. The van der Waals surface area contributed by atoms with Crippen LogP contribution in [0.4, 0.5) is 5.69 Å². The van der Waals surface area contributed by atoms with E-state index in [1.807, 2.05) is 13.0 Å². The fourth-order valence-corrected chi connectivity index (χ4v) is 2.86. The van der Waals surface area contributed by atoms with Crippen LogP contribution in [-0.2, 0) is 11.8 Å². The molecule has 19 heavy (non-hydrogen) atoms. The van der Waals surface area contributed by atoms with Gasteiger partial charge in [0.1, 0.15) is 6.04 Å². The summed E-state index contributed by atoms with van der Waals surface area (Å²) in [7, 11) is 2.06. The van der Waals surface area contributed by atoms with E-state index in [4.69, 9.17) is 0 Å². The number of allylic oxidation sites excluding steroid dienone is 1. The summed E-state index contributed by atoms with van der Waals surface area (Å²) in [5, 5.41) is 3.10. The number of rotatable bonds is 3. The molecule has 0 saturated heterocycles. The van der Waals surface area contributed by atoms with Crippen molar-refractivity contribution in [1.29, 1.82) is 0 Å². The van der Waals surface area contributed by atoms with E-state index >= 15 is 0 Å². The summed E-state index contributed by atoms with van der Waals surface area (Å²) in [6.45, 7) is 8.41. The average molecular weight is 258 g/mol. The molecule has 0 fully saturated rings. The van der Waals surface area contributed by atoms with Crippen LogP contribution in [0.2, 0.25) is 0 Å². The zero-order chi connectivity index (χ0) is 14.2. The lowest BCUT2D eigenvalue weighted by Gasteiger charge is -2.24. The molecule has 102 valence electrons. The Labute approximate surface area is 115 Å². The molecule has 1 atom stereocenters. The summed E-state index contributed by atoms with van der Waals surface area (Å²) < 4.78 is 0. The average Bonchev–Trinajstić information content (AvgIpc) is 2.59. The highest BCUT2D eigenvalue weighted by Gasteiger charge is 2.38. The summed E-state index contributed by atoms with van der Waals surface area (Å²) in [5.74, 6) is 0. The summed E-state index contributed by atoms with van der Waals surface area (Å²) in [4.78, 5) is 12.8. The van der Waals surface area contributed by atoms with Gasteiger partial charge in [-0.1, -0.05) is 38.1 Å². The Hall–Kier alpha value is -1.64. The molecule has 1 aromatic carbocycles. The number of hydrogen-bond acceptors (Lipinski definition) is 3. The molecule has 0 radical (unpaired) electrons. The van der Waals surface area contributed by atoms with E-state index in [-0.39, 0.29) is 11.5 Å². The van der Waals surface area contributed by atoms with Crippen molar-refractivity contribution in [3.05, 3.63) is 46.0 Å². The largest absolute Gasteiger partial charge is 0.347 e. The fourth-order valence-electron chi connectivity index (χ4n) is 2.86. The number of fused-ring (bicyclic) bond motifs is 1. The van der Waals surface area contributed by atoms with Gasteiger partial charge in [-0.3, -0.25) is 0 Å². The number of nitrogens with zero attached hydrogens (tertiary/aromatic N) is 2. The Morgan fingerprint density at radius 2 is 2.11 bits per heavy atom. The topological polar surface area (TPSA) is 32.7 Å². The van der Waals surface area contributed by atoms with Crippen LogP contribution in [0.15, 0.2) is 35.1 Å². The Balaban J connectivity index is 2.55. The van der Waals surface area contributed by atoms with Crippen molar-refractivity contribution >= 4 is 5.69 Å². The number of nitroso groups, excluding NO2 is 1. The number of aryl methyl sites for hydroxylation is 1. The van der Waals surface area contributed by atoms with E-state index in [1.165, 1.54) is 16.8 Å². The first-order valence-corrected chi connectivity index (χ1v) is 6.83. The SMILES string of the molecule is CCc1ccc2c(c1)C(C)(C)C(=CC(C)N=O)N2C. The molecule has 1 aliphatic rings. The van der Waals surface area contributed by atoms with Crippen LogP contribution >= 0.6 is 0 Å². The van der Waals surface area contributed by atoms with Crippen molar-refractivity contribution in [1.82, 2.24) is 0 Å². The van der Waals surface area contributed by atoms with Crippen molar-refractivity contribution in [2.75, 3.05) is 11.9 Å². The summed E-state index contributed by atoms with van der Waals surface area (Å²) in [6, 6.07) is 6.34.